The smallest absolute Gasteiger partial charge is 0.389 e. The summed E-state index contributed by atoms with van der Waals surface area (Å²) in [5, 5.41) is 8.89. The molecule has 252 valence electrons. The molecule has 8 nitrogen and oxygen atoms in total. The van der Waals surface area contributed by atoms with Crippen molar-refractivity contribution in [2.24, 2.45) is 5.73 Å². The van der Waals surface area contributed by atoms with Crippen LogP contribution in [0.15, 0.2) is 48.5 Å². The molecule has 2 atom stereocenters. The summed E-state index contributed by atoms with van der Waals surface area (Å²) in [5.41, 5.74) is 7.30. The second kappa shape index (κ2) is 23.7. The van der Waals surface area contributed by atoms with E-state index >= 15 is 0 Å². The van der Waals surface area contributed by atoms with Crippen molar-refractivity contribution in [2.45, 2.75) is 57.3 Å². The molecular weight excluding hydrogens is 704 g/mol. The Labute approximate surface area is 268 Å². The van der Waals surface area contributed by atoms with Crippen molar-refractivity contribution in [3.63, 3.8) is 0 Å². The van der Waals surface area contributed by atoms with Crippen LogP contribution >= 0.6 is 12.4 Å². The van der Waals surface area contributed by atoms with Gasteiger partial charge in [-0.25, -0.2) is 9.59 Å². The molecule has 2 rings (SSSR count). The van der Waals surface area contributed by atoms with Crippen LogP contribution in [0.5, 0.6) is 0 Å². The minimum Gasteiger partial charge on any atom is -0.465 e. The number of alkyl halides is 6. The summed E-state index contributed by atoms with van der Waals surface area (Å²) >= 11 is 0. The molecule has 0 spiro atoms. The fourth-order valence-electron chi connectivity index (χ4n) is 3.35. The fraction of sp³-hybridized carbons (Fsp3) is 0.444. The maximum atomic E-state index is 12.2. The number of halogens is 7. The summed E-state index contributed by atoms with van der Waals surface area (Å²) in [6.07, 6.45) is -10.7. The first kappa shape index (κ1) is 49.9. The Morgan fingerprint density at radius 2 is 1.16 bits per heavy atom. The number of nitrogens with two attached hydrogens (primary N) is 1. The van der Waals surface area contributed by atoms with Crippen LogP contribution in [0.4, 0.5) is 26.3 Å². The van der Waals surface area contributed by atoms with Gasteiger partial charge in [0.2, 0.25) is 0 Å². The second-order valence-electron chi connectivity index (χ2n) is 8.15. The van der Waals surface area contributed by atoms with Gasteiger partial charge in [-0.1, -0.05) is 31.7 Å². The number of carbonyl (C=O) groups is 2. The van der Waals surface area contributed by atoms with Crippen molar-refractivity contribution in [3.8, 4) is 6.07 Å². The van der Waals surface area contributed by atoms with Gasteiger partial charge in [0.05, 0.1) is 37.3 Å². The van der Waals surface area contributed by atoms with E-state index in [-0.39, 0.29) is 77.9 Å². The average Bonchev–Trinajstić information content (AvgIpc) is 2.88. The van der Waals surface area contributed by atoms with Gasteiger partial charge in [-0.15, -0.1) is 12.4 Å². The molecule has 2 aromatic carbocycles. The largest absolute Gasteiger partial charge is 0.465 e. The number of ether oxygens (including phenoxy) is 2. The van der Waals surface area contributed by atoms with Gasteiger partial charge in [0.25, 0.3) is 0 Å². The van der Waals surface area contributed by atoms with E-state index in [2.05, 4.69) is 9.47 Å². The van der Waals surface area contributed by atoms with Crippen LogP contribution in [0.2, 0.25) is 0 Å². The van der Waals surface area contributed by atoms with Gasteiger partial charge in [-0.05, 0) is 60.7 Å². The van der Waals surface area contributed by atoms with E-state index < -0.39 is 43.1 Å². The Morgan fingerprint density at radius 3 is 1.47 bits per heavy atom. The average molecular weight is 743 g/mol. The molecule has 0 saturated heterocycles. The van der Waals surface area contributed by atoms with E-state index in [0.717, 1.165) is 0 Å². The zero-order valence-electron chi connectivity index (χ0n) is 22.5. The summed E-state index contributed by atoms with van der Waals surface area (Å²) < 4.78 is 81.9. The van der Waals surface area contributed by atoms with E-state index in [1.165, 1.54) is 50.6 Å². The molecule has 0 heterocycles. The van der Waals surface area contributed by atoms with Crippen LogP contribution in [-0.2, 0) is 29.9 Å². The molecule has 0 aliphatic rings. The van der Waals surface area contributed by atoms with E-state index in [0.29, 0.717) is 22.3 Å². The van der Waals surface area contributed by atoms with Crippen molar-refractivity contribution in [2.75, 3.05) is 20.8 Å². The van der Waals surface area contributed by atoms with Crippen molar-refractivity contribution in [1.29, 1.82) is 5.26 Å². The third-order valence-corrected chi connectivity index (χ3v) is 5.47. The first-order chi connectivity index (χ1) is 17.7. The first-order valence-corrected chi connectivity index (χ1v) is 11.3. The monoisotopic (exact) mass is 742 g/mol. The normalized spacial score (nSPS) is 11.3. The molecular formula is C27H39ClF6N2O6Pd. The van der Waals surface area contributed by atoms with Crippen molar-refractivity contribution in [3.05, 3.63) is 70.8 Å². The first-order valence-electron chi connectivity index (χ1n) is 11.3. The Morgan fingerprint density at radius 1 is 0.814 bits per heavy atom. The van der Waals surface area contributed by atoms with E-state index in [9.17, 15) is 35.9 Å². The maximum Gasteiger partial charge on any atom is 0.389 e. The number of hydrogen-bond donors (Lipinski definition) is 1. The molecule has 43 heavy (non-hydrogen) atoms. The topological polar surface area (TPSA) is 165 Å². The zero-order chi connectivity index (χ0) is 28.9. The minimum atomic E-state index is -4.28. The van der Waals surface area contributed by atoms with Crippen LogP contribution in [-0.4, -0.2) is 56.0 Å². The molecule has 0 radical (unpaired) electrons. The van der Waals surface area contributed by atoms with Crippen LogP contribution in [0.3, 0.4) is 0 Å². The molecule has 0 fully saturated rings. The third-order valence-electron chi connectivity index (χ3n) is 5.47. The standard InChI is InChI=1S/C13H16F3NO2.C13H12F3NO2.CH4.ClH.2H2O.Pd.H2/c2*1-19-12(18)10-4-2-9(3-5-10)11(8-17)6-7-13(14,15)16;;;;;;/h2-5,11H,6-8,17H2,1H3;2-5,11H,6-7H2,1H3;1H4;1H;2*1H2;;1H. The number of benzene rings is 2. The molecule has 2 unspecified atom stereocenters. The van der Waals surface area contributed by atoms with E-state index in [1.54, 1.807) is 12.1 Å². The van der Waals surface area contributed by atoms with Gasteiger partial charge < -0.3 is 26.2 Å². The van der Waals surface area contributed by atoms with Gasteiger partial charge in [-0.2, -0.15) is 31.6 Å². The Balaban J connectivity index is -0.000000144. The maximum absolute atomic E-state index is 12.2. The number of methoxy groups -OCH3 is 2. The molecule has 2 aromatic rings. The minimum absolute atomic E-state index is 0. The Kier molecular flexibility index (Phi) is 27.5. The number of carbonyl (C=O) groups excluding carboxylic acids is 2. The molecule has 0 saturated carbocycles. The van der Waals surface area contributed by atoms with Crippen molar-refractivity contribution < 1.29 is 78.2 Å². The van der Waals surface area contributed by atoms with Gasteiger partial charge in [0, 0.05) is 34.7 Å². The zero-order valence-corrected chi connectivity index (χ0v) is 24.8. The number of rotatable bonds is 9. The summed E-state index contributed by atoms with van der Waals surface area (Å²) in [6, 6.07) is 13.9. The number of nitriles is 1. The quantitative estimate of drug-likeness (QED) is 0.190. The van der Waals surface area contributed by atoms with Crippen LogP contribution in [0.1, 0.15) is 78.2 Å². The fourth-order valence-corrected chi connectivity index (χ4v) is 3.35. The number of hydrogen-bond acceptors (Lipinski definition) is 6. The third kappa shape index (κ3) is 19.2. The van der Waals surface area contributed by atoms with Crippen LogP contribution in [0.25, 0.3) is 0 Å². The SMILES string of the molecule is C.COC(=O)c1ccc(C(C#N)CCC(F)(F)F)cc1.COC(=O)c1ccc(C(CN)CCC(F)(F)F)cc1.Cl.O.O.[HH].[Pd]. The molecule has 0 aliphatic heterocycles. The summed E-state index contributed by atoms with van der Waals surface area (Å²) in [5.74, 6) is -2.22. The van der Waals surface area contributed by atoms with Gasteiger partial charge >= 0.3 is 24.3 Å². The second-order valence-corrected chi connectivity index (χ2v) is 8.15. The molecule has 6 N–H and O–H groups in total. The van der Waals surface area contributed by atoms with Gasteiger partial charge in [0.1, 0.15) is 0 Å². The van der Waals surface area contributed by atoms with E-state index in [4.69, 9.17) is 11.0 Å². The predicted octanol–water partition coefficient (Wildman–Crippen LogP) is 5.93. The Hall–Kier alpha value is -2.72. The van der Waals surface area contributed by atoms with E-state index in [1.807, 2.05) is 6.07 Å². The predicted molar refractivity (Wildman–Crippen MR) is 150 cm³/mol. The Bertz CT molecular complexity index is 1090. The summed E-state index contributed by atoms with van der Waals surface area (Å²) in [7, 11) is 2.50. The van der Waals surface area contributed by atoms with Gasteiger partial charge in [-0.3, -0.25) is 0 Å². The number of esters is 2. The number of nitrogens with zero attached hydrogens (tertiary/aromatic N) is 1. The molecule has 16 heteroatoms. The molecule has 0 aromatic heterocycles. The molecule has 0 amide bonds. The van der Waals surface area contributed by atoms with Crippen LogP contribution < -0.4 is 5.73 Å². The summed E-state index contributed by atoms with van der Waals surface area (Å²) in [6.45, 7) is 0.133. The van der Waals surface area contributed by atoms with Crippen molar-refractivity contribution in [1.82, 2.24) is 0 Å². The van der Waals surface area contributed by atoms with Gasteiger partial charge in [0.15, 0.2) is 0 Å². The molecule has 0 bridgehead atoms. The van der Waals surface area contributed by atoms with Crippen LogP contribution in [0, 0.1) is 11.3 Å². The summed E-state index contributed by atoms with van der Waals surface area (Å²) in [4.78, 5) is 22.4. The molecule has 0 aliphatic carbocycles. The van der Waals surface area contributed by atoms with Crippen molar-refractivity contribution >= 4 is 24.3 Å².